The second kappa shape index (κ2) is 8.23. The van der Waals surface area contributed by atoms with E-state index in [2.05, 4.69) is 15.2 Å². The molecule has 0 saturated carbocycles. The number of aromatic nitrogens is 1. The lowest BCUT2D eigenvalue weighted by molar-refractivity contribution is -0.150. The van der Waals surface area contributed by atoms with Gasteiger partial charge in [0.15, 0.2) is 5.69 Å². The number of carbonyl (C=O) groups is 2. The number of piperidine rings is 1. The molecule has 1 saturated heterocycles. The van der Waals surface area contributed by atoms with Gasteiger partial charge in [-0.15, -0.1) is 0 Å². The average Bonchev–Trinajstić information content (AvgIpc) is 3.14. The highest BCUT2D eigenvalue weighted by molar-refractivity contribution is 6.01. The molecule has 1 aromatic heterocycles. The number of carbonyl (C=O) groups excluding carboxylic acids is 2. The molecule has 0 atom stereocenters. The van der Waals surface area contributed by atoms with Gasteiger partial charge >= 0.3 is 5.97 Å². The lowest BCUT2D eigenvalue weighted by Gasteiger charge is -2.31. The van der Waals surface area contributed by atoms with Gasteiger partial charge in [0.2, 0.25) is 0 Å². The van der Waals surface area contributed by atoms with E-state index in [4.69, 9.17) is 4.74 Å². The Morgan fingerprint density at radius 2 is 1.76 bits per heavy atom. The van der Waals surface area contributed by atoms with Crippen LogP contribution in [-0.4, -0.2) is 42.1 Å². The van der Waals surface area contributed by atoms with E-state index in [1.165, 1.54) is 6.42 Å². The van der Waals surface area contributed by atoms with Crippen molar-refractivity contribution in [3.8, 4) is 0 Å². The maximum absolute atomic E-state index is 13.3. The Bertz CT molecular complexity index is 881. The summed E-state index contributed by atoms with van der Waals surface area (Å²) in [5, 5.41) is 3.02. The summed E-state index contributed by atoms with van der Waals surface area (Å²) in [5.74, 6) is -0.716. The van der Waals surface area contributed by atoms with Crippen molar-refractivity contribution in [1.82, 2.24) is 10.3 Å². The molecule has 2 aromatic rings. The molecule has 1 aliphatic carbocycles. The molecular formula is C23H27N3O3. The number of ether oxygens (including phenoxy) is 1. The molecule has 0 radical (unpaired) electrons. The van der Waals surface area contributed by atoms with Crippen LogP contribution in [0.15, 0.2) is 42.6 Å². The van der Waals surface area contributed by atoms with Crippen LogP contribution in [0.5, 0.6) is 0 Å². The third-order valence-electron chi connectivity index (χ3n) is 5.82. The van der Waals surface area contributed by atoms with E-state index in [1.807, 2.05) is 36.4 Å². The van der Waals surface area contributed by atoms with Crippen molar-refractivity contribution in [3.05, 3.63) is 59.4 Å². The van der Waals surface area contributed by atoms with E-state index in [0.717, 1.165) is 42.7 Å². The number of amides is 1. The standard InChI is InChI=1S/C23H27N3O3/c1-2-29-22(28)23(15-17-9-4-5-10-18(17)16-23)25-21(27)20-19(11-8-12-24-20)26-13-6-3-7-14-26/h4-5,8-12H,2-3,6-7,13-16H2,1H3,(H,25,27). The first-order valence-corrected chi connectivity index (χ1v) is 10.4. The summed E-state index contributed by atoms with van der Waals surface area (Å²) in [6.07, 6.45) is 5.92. The number of pyridine rings is 1. The first-order chi connectivity index (χ1) is 14.1. The van der Waals surface area contributed by atoms with Crippen molar-refractivity contribution < 1.29 is 14.3 Å². The van der Waals surface area contributed by atoms with Crippen LogP contribution in [0.25, 0.3) is 0 Å². The Morgan fingerprint density at radius 1 is 1.07 bits per heavy atom. The van der Waals surface area contributed by atoms with Crippen LogP contribution < -0.4 is 10.2 Å². The third kappa shape index (κ3) is 3.84. The van der Waals surface area contributed by atoms with Crippen LogP contribution in [0, 0.1) is 0 Å². The molecule has 1 aliphatic heterocycles. The monoisotopic (exact) mass is 393 g/mol. The molecule has 0 bridgehead atoms. The van der Waals surface area contributed by atoms with Gasteiger partial charge in [0.25, 0.3) is 5.91 Å². The van der Waals surface area contributed by atoms with Crippen molar-refractivity contribution in [2.24, 2.45) is 0 Å². The number of anilines is 1. The van der Waals surface area contributed by atoms with Crippen LogP contribution in [0.4, 0.5) is 5.69 Å². The SMILES string of the molecule is CCOC(=O)C1(NC(=O)c2ncccc2N2CCCCC2)Cc2ccccc2C1. The highest BCUT2D eigenvalue weighted by Crippen LogP contribution is 2.32. The second-order valence-corrected chi connectivity index (χ2v) is 7.80. The summed E-state index contributed by atoms with van der Waals surface area (Å²) in [7, 11) is 0. The first kappa shape index (κ1) is 19.4. The molecule has 2 heterocycles. The van der Waals surface area contributed by atoms with Crippen LogP contribution in [-0.2, 0) is 22.4 Å². The number of rotatable bonds is 5. The predicted molar refractivity (Wildman–Crippen MR) is 111 cm³/mol. The molecule has 0 unspecified atom stereocenters. The fourth-order valence-electron chi connectivity index (χ4n) is 4.41. The summed E-state index contributed by atoms with van der Waals surface area (Å²) in [4.78, 5) is 32.8. The summed E-state index contributed by atoms with van der Waals surface area (Å²) in [6, 6.07) is 11.7. The Hall–Kier alpha value is -2.89. The number of esters is 1. The molecule has 29 heavy (non-hydrogen) atoms. The minimum atomic E-state index is -1.09. The Kier molecular flexibility index (Phi) is 5.51. The topological polar surface area (TPSA) is 71.5 Å². The molecule has 1 amide bonds. The Labute approximate surface area is 171 Å². The summed E-state index contributed by atoms with van der Waals surface area (Å²) >= 11 is 0. The van der Waals surface area contributed by atoms with E-state index in [9.17, 15) is 9.59 Å². The average molecular weight is 393 g/mol. The maximum atomic E-state index is 13.3. The zero-order valence-electron chi connectivity index (χ0n) is 16.8. The van der Waals surface area contributed by atoms with Gasteiger partial charge in [0, 0.05) is 32.1 Å². The quantitative estimate of drug-likeness (QED) is 0.791. The molecule has 152 valence electrons. The minimum absolute atomic E-state index is 0.273. The summed E-state index contributed by atoms with van der Waals surface area (Å²) < 4.78 is 5.36. The van der Waals surface area contributed by atoms with Gasteiger partial charge in [-0.25, -0.2) is 9.78 Å². The number of nitrogens with zero attached hydrogens (tertiary/aromatic N) is 2. The molecule has 1 fully saturated rings. The van der Waals surface area contributed by atoms with Crippen molar-refractivity contribution in [2.45, 2.75) is 44.6 Å². The predicted octanol–water partition coefficient (Wildman–Crippen LogP) is 2.90. The van der Waals surface area contributed by atoms with E-state index >= 15 is 0 Å². The molecule has 1 aromatic carbocycles. The smallest absolute Gasteiger partial charge is 0.332 e. The molecular weight excluding hydrogens is 366 g/mol. The van der Waals surface area contributed by atoms with E-state index in [1.54, 1.807) is 13.1 Å². The lowest BCUT2D eigenvalue weighted by Crippen LogP contribution is -2.56. The van der Waals surface area contributed by atoms with Gasteiger partial charge in [-0.3, -0.25) is 4.79 Å². The van der Waals surface area contributed by atoms with Gasteiger partial charge in [-0.05, 0) is 49.4 Å². The van der Waals surface area contributed by atoms with Crippen LogP contribution in [0.1, 0.15) is 47.8 Å². The molecule has 1 N–H and O–H groups in total. The van der Waals surface area contributed by atoms with Crippen molar-refractivity contribution >= 4 is 17.6 Å². The van der Waals surface area contributed by atoms with Crippen LogP contribution in [0.3, 0.4) is 0 Å². The maximum Gasteiger partial charge on any atom is 0.332 e. The highest BCUT2D eigenvalue weighted by atomic mass is 16.5. The third-order valence-corrected chi connectivity index (χ3v) is 5.82. The zero-order chi connectivity index (χ0) is 20.3. The van der Waals surface area contributed by atoms with E-state index < -0.39 is 5.54 Å². The lowest BCUT2D eigenvalue weighted by atomic mass is 9.95. The highest BCUT2D eigenvalue weighted by Gasteiger charge is 2.47. The van der Waals surface area contributed by atoms with Crippen LogP contribution >= 0.6 is 0 Å². The number of nitrogens with one attached hydrogen (secondary N) is 1. The minimum Gasteiger partial charge on any atom is -0.464 e. The summed E-state index contributed by atoms with van der Waals surface area (Å²) in [5.41, 5.74) is 2.25. The van der Waals surface area contributed by atoms with Gasteiger partial charge in [0.1, 0.15) is 5.54 Å². The summed E-state index contributed by atoms with van der Waals surface area (Å²) in [6.45, 7) is 3.89. The number of hydrogen-bond acceptors (Lipinski definition) is 5. The fraction of sp³-hybridized carbons (Fsp3) is 0.435. The normalized spacial score (nSPS) is 17.5. The fourth-order valence-corrected chi connectivity index (χ4v) is 4.41. The number of benzene rings is 1. The van der Waals surface area contributed by atoms with Gasteiger partial charge in [-0.1, -0.05) is 24.3 Å². The zero-order valence-corrected chi connectivity index (χ0v) is 16.8. The molecule has 6 heteroatoms. The number of hydrogen-bond donors (Lipinski definition) is 1. The van der Waals surface area contributed by atoms with Crippen molar-refractivity contribution in [2.75, 3.05) is 24.6 Å². The number of fused-ring (bicyclic) bond motifs is 1. The van der Waals surface area contributed by atoms with E-state index in [-0.39, 0.29) is 18.5 Å². The van der Waals surface area contributed by atoms with E-state index in [0.29, 0.717) is 18.5 Å². The largest absolute Gasteiger partial charge is 0.464 e. The van der Waals surface area contributed by atoms with Crippen molar-refractivity contribution in [1.29, 1.82) is 0 Å². The van der Waals surface area contributed by atoms with Gasteiger partial charge < -0.3 is 15.0 Å². The molecule has 6 nitrogen and oxygen atoms in total. The van der Waals surface area contributed by atoms with Gasteiger partial charge in [-0.2, -0.15) is 0 Å². The first-order valence-electron chi connectivity index (χ1n) is 10.4. The molecule has 2 aliphatic rings. The Morgan fingerprint density at radius 3 is 2.41 bits per heavy atom. The molecule has 4 rings (SSSR count). The van der Waals surface area contributed by atoms with Gasteiger partial charge in [0.05, 0.1) is 12.3 Å². The Balaban J connectivity index is 1.62. The van der Waals surface area contributed by atoms with Crippen LogP contribution in [0.2, 0.25) is 0 Å². The van der Waals surface area contributed by atoms with Crippen molar-refractivity contribution in [3.63, 3.8) is 0 Å². The molecule has 0 spiro atoms. The second-order valence-electron chi connectivity index (χ2n) is 7.80.